The average Bonchev–Trinajstić information content (AvgIpc) is 2.86. The van der Waals surface area contributed by atoms with E-state index in [0.29, 0.717) is 42.0 Å². The molecule has 2 N–H and O–H groups in total. The van der Waals surface area contributed by atoms with Crippen LogP contribution in [0.15, 0.2) is 24.4 Å². The Morgan fingerprint density at radius 1 is 1.26 bits per heavy atom. The summed E-state index contributed by atoms with van der Waals surface area (Å²) in [7, 11) is 1.59. The zero-order chi connectivity index (χ0) is 24.1. The van der Waals surface area contributed by atoms with Crippen molar-refractivity contribution in [3.63, 3.8) is 0 Å². The van der Waals surface area contributed by atoms with E-state index in [-0.39, 0.29) is 0 Å². The number of aromatic nitrogens is 1. The van der Waals surface area contributed by atoms with Crippen LogP contribution >= 0.6 is 11.6 Å². The number of carboxylic acids is 1. The van der Waals surface area contributed by atoms with Gasteiger partial charge in [-0.1, -0.05) is 43.7 Å². The molecule has 1 saturated heterocycles. The molecule has 6 nitrogen and oxygen atoms in total. The number of benzene rings is 1. The van der Waals surface area contributed by atoms with E-state index in [2.05, 4.69) is 9.88 Å². The highest BCUT2D eigenvalue weighted by Gasteiger charge is 2.41. The summed E-state index contributed by atoms with van der Waals surface area (Å²) in [5.74, 6) is 0.750. The van der Waals surface area contributed by atoms with E-state index in [1.54, 1.807) is 13.3 Å². The first-order valence-electron chi connectivity index (χ1n) is 12.7. The number of aliphatic hydroxyl groups is 1. The summed E-state index contributed by atoms with van der Waals surface area (Å²) in [6, 6.07) is 5.48. The van der Waals surface area contributed by atoms with Gasteiger partial charge in [-0.3, -0.25) is 9.78 Å². The molecule has 2 fully saturated rings. The van der Waals surface area contributed by atoms with Crippen molar-refractivity contribution in [2.45, 2.75) is 70.3 Å². The first kappa shape index (κ1) is 25.2. The molecule has 4 rings (SSSR count). The minimum Gasteiger partial charge on any atom is -0.497 e. The lowest BCUT2D eigenvalue weighted by Gasteiger charge is -2.40. The van der Waals surface area contributed by atoms with Gasteiger partial charge < -0.3 is 19.8 Å². The molecule has 1 aromatic heterocycles. The van der Waals surface area contributed by atoms with Crippen molar-refractivity contribution < 1.29 is 19.7 Å². The number of carbonyl (C=O) groups is 1. The fourth-order valence-electron chi connectivity index (χ4n) is 5.81. The summed E-state index contributed by atoms with van der Waals surface area (Å²) in [6.45, 7) is 2.69. The molecule has 0 radical (unpaired) electrons. The number of hydrogen-bond acceptors (Lipinski definition) is 5. The fourth-order valence-corrected chi connectivity index (χ4v) is 6.08. The Balaban J connectivity index is 1.39. The van der Waals surface area contributed by atoms with Crippen LogP contribution in [0.2, 0.25) is 5.02 Å². The van der Waals surface area contributed by atoms with E-state index in [9.17, 15) is 15.0 Å². The lowest BCUT2D eigenvalue weighted by molar-refractivity contribution is -0.153. The third kappa shape index (κ3) is 5.67. The van der Waals surface area contributed by atoms with Crippen molar-refractivity contribution in [1.82, 2.24) is 9.88 Å². The monoisotopic (exact) mass is 488 g/mol. The lowest BCUT2D eigenvalue weighted by Crippen LogP contribution is -2.45. The number of piperidine rings is 1. The molecule has 0 amide bonds. The van der Waals surface area contributed by atoms with Crippen molar-refractivity contribution in [1.29, 1.82) is 0 Å². The number of nitrogens with zero attached hydrogens (tertiary/aromatic N) is 2. The number of methoxy groups -OCH3 is 1. The third-order valence-electron chi connectivity index (χ3n) is 8.14. The number of likely N-dealkylation sites (tertiary alicyclic amines) is 1. The van der Waals surface area contributed by atoms with Crippen molar-refractivity contribution in [3.05, 3.63) is 35.0 Å². The lowest BCUT2D eigenvalue weighted by atomic mass is 9.74. The van der Waals surface area contributed by atoms with Gasteiger partial charge in [0.1, 0.15) is 5.75 Å². The van der Waals surface area contributed by atoms with Crippen LogP contribution in [-0.2, 0) is 4.79 Å². The van der Waals surface area contributed by atoms with Crippen LogP contribution in [0, 0.1) is 11.3 Å². The molecule has 0 bridgehead atoms. The number of rotatable bonds is 9. The summed E-state index contributed by atoms with van der Waals surface area (Å²) >= 11 is 6.44. The highest BCUT2D eigenvalue weighted by Crippen LogP contribution is 2.41. The van der Waals surface area contributed by atoms with Crippen LogP contribution in [0.4, 0.5) is 0 Å². The van der Waals surface area contributed by atoms with Gasteiger partial charge in [0, 0.05) is 17.1 Å². The number of aliphatic carboxylic acids is 1. The first-order chi connectivity index (χ1) is 16.4. The molecule has 2 aliphatic rings. The molecular formula is C27H37ClN2O4. The van der Waals surface area contributed by atoms with Crippen LogP contribution in [0.25, 0.3) is 10.9 Å². The van der Waals surface area contributed by atoms with Gasteiger partial charge in [-0.2, -0.15) is 0 Å². The molecule has 2 aromatic rings. The topological polar surface area (TPSA) is 82.9 Å². The van der Waals surface area contributed by atoms with Crippen LogP contribution in [0.3, 0.4) is 0 Å². The fraction of sp³-hybridized carbons (Fsp3) is 0.630. The molecule has 186 valence electrons. The van der Waals surface area contributed by atoms with Crippen LogP contribution in [0.5, 0.6) is 5.75 Å². The molecule has 1 unspecified atom stereocenters. The summed E-state index contributed by atoms with van der Waals surface area (Å²) in [6.07, 6.45) is 10.7. The molecule has 1 atom stereocenters. The molecule has 7 heteroatoms. The van der Waals surface area contributed by atoms with Crippen LogP contribution < -0.4 is 4.74 Å². The Bertz CT molecular complexity index is 984. The predicted octanol–water partition coefficient (Wildman–Crippen LogP) is 5.85. The zero-order valence-electron chi connectivity index (χ0n) is 20.1. The highest BCUT2D eigenvalue weighted by molar-refractivity contribution is 6.32. The summed E-state index contributed by atoms with van der Waals surface area (Å²) in [5, 5.41) is 22.4. The SMILES string of the molecule is COc1ccc2ncc(Cl)c(C(O)CCC3(C(=O)O)CCN(CCC4CCCCC4)CC3)c2c1. The van der Waals surface area contributed by atoms with Crippen molar-refractivity contribution in [2.24, 2.45) is 11.3 Å². The molecule has 1 aliphatic heterocycles. The standard InChI is InChI=1S/C27H37ClN2O4/c1-34-20-7-8-23-21(17-20)25(22(28)18-29-23)24(31)9-11-27(26(32)33)12-15-30(16-13-27)14-10-19-5-3-2-4-6-19/h7-8,17-19,24,31H,2-6,9-16H2,1H3,(H,32,33). The van der Waals surface area contributed by atoms with Crippen molar-refractivity contribution in [3.8, 4) is 5.75 Å². The number of aliphatic hydroxyl groups excluding tert-OH is 1. The van der Waals surface area contributed by atoms with E-state index >= 15 is 0 Å². The number of pyridine rings is 1. The summed E-state index contributed by atoms with van der Waals surface area (Å²) < 4.78 is 5.33. The molecule has 0 spiro atoms. The summed E-state index contributed by atoms with van der Waals surface area (Å²) in [4.78, 5) is 19.1. The number of ether oxygens (including phenoxy) is 1. The van der Waals surface area contributed by atoms with E-state index in [4.69, 9.17) is 16.3 Å². The number of carboxylic acid groups (broad SMARTS) is 1. The number of hydrogen-bond donors (Lipinski definition) is 2. The molecule has 1 saturated carbocycles. The Hall–Kier alpha value is -1.89. The van der Waals surface area contributed by atoms with E-state index in [0.717, 1.165) is 36.5 Å². The normalized spacial score (nSPS) is 20.3. The second kappa shape index (κ2) is 11.2. The van der Waals surface area contributed by atoms with Gasteiger partial charge in [-0.05, 0) is 75.9 Å². The van der Waals surface area contributed by atoms with Gasteiger partial charge in [-0.25, -0.2) is 0 Å². The summed E-state index contributed by atoms with van der Waals surface area (Å²) in [5.41, 5.74) is 0.518. The van der Waals surface area contributed by atoms with Gasteiger partial charge in [0.2, 0.25) is 0 Å². The Labute approximate surface area is 207 Å². The molecule has 1 aliphatic carbocycles. The second-order valence-electron chi connectivity index (χ2n) is 10.2. The predicted molar refractivity (Wildman–Crippen MR) is 134 cm³/mol. The zero-order valence-corrected chi connectivity index (χ0v) is 20.9. The smallest absolute Gasteiger partial charge is 0.309 e. The Morgan fingerprint density at radius 3 is 2.68 bits per heavy atom. The van der Waals surface area contributed by atoms with Crippen LogP contribution in [-0.4, -0.2) is 52.8 Å². The maximum Gasteiger partial charge on any atom is 0.309 e. The highest BCUT2D eigenvalue weighted by atomic mass is 35.5. The van der Waals surface area contributed by atoms with Gasteiger partial charge in [0.15, 0.2) is 0 Å². The average molecular weight is 489 g/mol. The minimum atomic E-state index is -0.870. The first-order valence-corrected chi connectivity index (χ1v) is 13.1. The largest absolute Gasteiger partial charge is 0.497 e. The number of halogens is 1. The van der Waals surface area contributed by atoms with Crippen molar-refractivity contribution >= 4 is 28.5 Å². The van der Waals surface area contributed by atoms with Crippen LogP contribution in [0.1, 0.15) is 75.9 Å². The van der Waals surface area contributed by atoms with Gasteiger partial charge in [-0.15, -0.1) is 0 Å². The van der Waals surface area contributed by atoms with Gasteiger partial charge in [0.05, 0.1) is 29.2 Å². The quantitative estimate of drug-likeness (QED) is 0.460. The molecule has 1 aromatic carbocycles. The van der Waals surface area contributed by atoms with E-state index in [1.165, 1.54) is 38.5 Å². The minimum absolute atomic E-state index is 0.338. The van der Waals surface area contributed by atoms with E-state index < -0.39 is 17.5 Å². The van der Waals surface area contributed by atoms with Gasteiger partial charge >= 0.3 is 5.97 Å². The van der Waals surface area contributed by atoms with E-state index in [1.807, 2.05) is 18.2 Å². The Kier molecular flexibility index (Phi) is 8.33. The van der Waals surface area contributed by atoms with Crippen molar-refractivity contribution in [2.75, 3.05) is 26.7 Å². The Morgan fingerprint density at radius 2 is 2.00 bits per heavy atom. The molecule has 2 heterocycles. The second-order valence-corrected chi connectivity index (χ2v) is 10.6. The number of fused-ring (bicyclic) bond motifs is 1. The molecule has 34 heavy (non-hydrogen) atoms. The third-order valence-corrected chi connectivity index (χ3v) is 8.44. The molecular weight excluding hydrogens is 452 g/mol. The maximum absolute atomic E-state index is 12.3. The maximum atomic E-state index is 12.3. The van der Waals surface area contributed by atoms with Gasteiger partial charge in [0.25, 0.3) is 0 Å².